The number of carbonyl (C=O) groups is 1. The Bertz CT molecular complexity index is 579. The maximum Gasteiger partial charge on any atom is 0.399 e. The number of hydrogen-bond donors (Lipinski definition) is 0. The fourth-order valence-corrected chi connectivity index (χ4v) is 2.49. The third kappa shape index (κ3) is 3.01. The Balaban J connectivity index is 2.13. The van der Waals surface area contributed by atoms with Crippen LogP contribution in [0, 0.1) is 0 Å². The molecule has 0 spiro atoms. The monoisotopic (exact) mass is 341 g/mol. The third-order valence-electron chi connectivity index (χ3n) is 3.76. The Kier molecular flexibility index (Phi) is 4.36. The van der Waals surface area contributed by atoms with Crippen LogP contribution in [0.3, 0.4) is 0 Å². The normalized spacial score (nSPS) is 18.7. The summed E-state index contributed by atoms with van der Waals surface area (Å²) in [5.74, 6) is -3.40. The predicted molar refractivity (Wildman–Crippen MR) is 63.3 cm³/mol. The lowest BCUT2D eigenvalue weighted by molar-refractivity contribution is -0.574. The van der Waals surface area contributed by atoms with Gasteiger partial charge in [0, 0.05) is 5.92 Å². The first-order valence-electron chi connectivity index (χ1n) is 6.57. The highest BCUT2D eigenvalue weighted by molar-refractivity contribution is 5.81. The van der Waals surface area contributed by atoms with Gasteiger partial charge in [-0.05, 0) is 24.0 Å². The summed E-state index contributed by atoms with van der Waals surface area (Å²) in [4.78, 5) is 11.3. The molecule has 23 heavy (non-hydrogen) atoms. The Morgan fingerprint density at radius 1 is 1.13 bits per heavy atom. The van der Waals surface area contributed by atoms with E-state index >= 15 is 0 Å². The van der Waals surface area contributed by atoms with Gasteiger partial charge in [-0.1, -0.05) is 24.3 Å². The van der Waals surface area contributed by atoms with Gasteiger partial charge in [0.2, 0.25) is 0 Å². The van der Waals surface area contributed by atoms with Crippen molar-refractivity contribution in [2.24, 2.45) is 0 Å². The predicted octanol–water partition coefficient (Wildman–Crippen LogP) is 2.48. The van der Waals surface area contributed by atoms with E-state index in [1.807, 2.05) is 0 Å². The van der Waals surface area contributed by atoms with Crippen molar-refractivity contribution in [3.05, 3.63) is 35.4 Å². The number of hydrogen-bond acceptors (Lipinski definition) is 3. The van der Waals surface area contributed by atoms with Crippen LogP contribution in [-0.2, 0) is 16.0 Å². The van der Waals surface area contributed by atoms with Crippen molar-refractivity contribution in [1.82, 2.24) is 0 Å². The lowest BCUT2D eigenvalue weighted by atomic mass is 10.0. The average molecular weight is 341 g/mol. The van der Waals surface area contributed by atoms with E-state index in [4.69, 9.17) is 0 Å². The largest absolute Gasteiger partial charge is 0.828 e. The van der Waals surface area contributed by atoms with Gasteiger partial charge in [-0.2, -0.15) is 26.3 Å². The second kappa shape index (κ2) is 5.70. The molecule has 0 aliphatic heterocycles. The third-order valence-corrected chi connectivity index (χ3v) is 3.76. The molecule has 1 aromatic rings. The molecule has 0 saturated heterocycles. The fraction of sp³-hybridized carbons (Fsp3) is 0.500. The van der Waals surface area contributed by atoms with Crippen LogP contribution in [0.5, 0.6) is 0 Å². The molecule has 0 bridgehead atoms. The summed E-state index contributed by atoms with van der Waals surface area (Å²) < 4.78 is 78.9. The van der Waals surface area contributed by atoms with Crippen LogP contribution in [0.4, 0.5) is 26.3 Å². The zero-order valence-electron chi connectivity index (χ0n) is 11.5. The second-order valence-corrected chi connectivity index (χ2v) is 5.21. The first kappa shape index (κ1) is 17.6. The fourth-order valence-electron chi connectivity index (χ4n) is 2.49. The molecular formula is C14H11F6O3-. The van der Waals surface area contributed by atoms with Gasteiger partial charge < -0.3 is 9.84 Å². The summed E-state index contributed by atoms with van der Waals surface area (Å²) in [5, 5.41) is 11.2. The van der Waals surface area contributed by atoms with E-state index in [2.05, 4.69) is 4.74 Å². The average Bonchev–Trinajstić information content (AvgIpc) is 2.84. The van der Waals surface area contributed by atoms with Crippen LogP contribution in [0.2, 0.25) is 0 Å². The smallest absolute Gasteiger partial charge is 0.399 e. The minimum absolute atomic E-state index is 0.413. The minimum atomic E-state index is -6.34. The van der Waals surface area contributed by atoms with Gasteiger partial charge >= 0.3 is 18.3 Å². The summed E-state index contributed by atoms with van der Waals surface area (Å²) in [6.45, 7) is -0.702. The summed E-state index contributed by atoms with van der Waals surface area (Å²) >= 11 is 0. The van der Waals surface area contributed by atoms with Crippen LogP contribution in [-0.4, -0.2) is 30.5 Å². The van der Waals surface area contributed by atoms with Gasteiger partial charge in [0.1, 0.15) is 0 Å². The number of esters is 1. The molecule has 9 heteroatoms. The van der Waals surface area contributed by atoms with Crippen LogP contribution in [0.25, 0.3) is 0 Å². The van der Waals surface area contributed by atoms with Gasteiger partial charge in [-0.25, -0.2) is 0 Å². The molecule has 1 atom stereocenters. The van der Waals surface area contributed by atoms with Crippen LogP contribution < -0.4 is 5.11 Å². The molecule has 0 N–H and O–H groups in total. The molecule has 3 nitrogen and oxygen atoms in total. The highest BCUT2D eigenvalue weighted by atomic mass is 19.4. The summed E-state index contributed by atoms with van der Waals surface area (Å²) in [6, 6.07) is 6.81. The number of aryl methyl sites for hydroxylation is 1. The van der Waals surface area contributed by atoms with E-state index in [0.29, 0.717) is 18.4 Å². The Morgan fingerprint density at radius 3 is 2.26 bits per heavy atom. The number of rotatable bonds is 3. The maximum absolute atomic E-state index is 12.5. The molecule has 0 amide bonds. The molecule has 0 saturated carbocycles. The van der Waals surface area contributed by atoms with Gasteiger partial charge in [-0.15, -0.1) is 0 Å². The van der Waals surface area contributed by atoms with Crippen molar-refractivity contribution in [3.8, 4) is 0 Å². The van der Waals surface area contributed by atoms with Crippen LogP contribution in [0.1, 0.15) is 23.5 Å². The van der Waals surface area contributed by atoms with Crippen LogP contribution in [0.15, 0.2) is 24.3 Å². The number of carbonyl (C=O) groups excluding carboxylic acids is 1. The Morgan fingerprint density at radius 2 is 1.70 bits per heavy atom. The first-order valence-corrected chi connectivity index (χ1v) is 6.57. The number of halogens is 6. The van der Waals surface area contributed by atoms with E-state index in [1.165, 1.54) is 0 Å². The zero-order valence-corrected chi connectivity index (χ0v) is 11.5. The quantitative estimate of drug-likeness (QED) is 0.627. The summed E-state index contributed by atoms with van der Waals surface area (Å²) in [6.07, 6.45) is -11.7. The number of fused-ring (bicyclic) bond motifs is 1. The lowest BCUT2D eigenvalue weighted by Gasteiger charge is -2.40. The summed E-state index contributed by atoms with van der Waals surface area (Å²) in [7, 11) is 0. The van der Waals surface area contributed by atoms with Gasteiger partial charge in [-0.3, -0.25) is 4.79 Å². The van der Waals surface area contributed by atoms with Gasteiger partial charge in [0.25, 0.3) is 0 Å². The molecule has 1 aromatic carbocycles. The molecule has 0 radical (unpaired) electrons. The standard InChI is InChI=1S/C14H11F6O3/c15-13(16,17)12(22,14(18,19)20)11(21)23-7-9-6-5-8-3-1-2-4-10(8)9/h1-4,9H,5-7H2/q-1. The van der Waals surface area contributed by atoms with Crippen molar-refractivity contribution in [2.45, 2.75) is 36.7 Å². The van der Waals surface area contributed by atoms with Crippen molar-refractivity contribution in [3.63, 3.8) is 0 Å². The van der Waals surface area contributed by atoms with E-state index in [1.54, 1.807) is 24.3 Å². The molecule has 0 aromatic heterocycles. The number of alkyl halides is 6. The maximum atomic E-state index is 12.5. The van der Waals surface area contributed by atoms with E-state index in [-0.39, 0.29) is 0 Å². The molecule has 128 valence electrons. The van der Waals surface area contributed by atoms with E-state index in [0.717, 1.165) is 5.56 Å². The Labute approximate surface area is 126 Å². The molecule has 1 aliphatic carbocycles. The number of ether oxygens (including phenoxy) is 1. The minimum Gasteiger partial charge on any atom is -0.828 e. The SMILES string of the molecule is O=C(OCC1CCc2ccccc21)C([O-])(C(F)(F)F)C(F)(F)F. The Hall–Kier alpha value is -1.77. The zero-order chi connectivity index (χ0) is 17.5. The lowest BCUT2D eigenvalue weighted by Crippen LogP contribution is -2.71. The van der Waals surface area contributed by atoms with Crippen LogP contribution >= 0.6 is 0 Å². The number of benzene rings is 1. The van der Waals surface area contributed by atoms with Gasteiger partial charge in [0.15, 0.2) is 5.60 Å². The molecule has 0 heterocycles. The highest BCUT2D eigenvalue weighted by Crippen LogP contribution is 2.42. The van der Waals surface area contributed by atoms with E-state index in [9.17, 15) is 36.2 Å². The molecular weight excluding hydrogens is 330 g/mol. The molecule has 1 unspecified atom stereocenters. The van der Waals surface area contributed by atoms with Crippen molar-refractivity contribution >= 4 is 5.97 Å². The van der Waals surface area contributed by atoms with Crippen molar-refractivity contribution in [1.29, 1.82) is 0 Å². The second-order valence-electron chi connectivity index (χ2n) is 5.21. The van der Waals surface area contributed by atoms with E-state index < -0.39 is 36.4 Å². The highest BCUT2D eigenvalue weighted by Gasteiger charge is 2.68. The summed E-state index contributed by atoms with van der Waals surface area (Å²) in [5.41, 5.74) is -4.21. The molecule has 2 rings (SSSR count). The van der Waals surface area contributed by atoms with Crippen molar-refractivity contribution < 1.29 is 41.0 Å². The first-order chi connectivity index (χ1) is 10.5. The van der Waals surface area contributed by atoms with Crippen molar-refractivity contribution in [2.75, 3.05) is 6.61 Å². The molecule has 1 aliphatic rings. The topological polar surface area (TPSA) is 49.4 Å². The molecule has 0 fully saturated rings. The van der Waals surface area contributed by atoms with Gasteiger partial charge in [0.05, 0.1) is 6.61 Å².